The van der Waals surface area contributed by atoms with Crippen molar-refractivity contribution in [3.63, 3.8) is 0 Å². The number of rotatable bonds is 8. The normalized spacial score (nSPS) is 12.2. The van der Waals surface area contributed by atoms with Crippen LogP contribution in [0, 0.1) is 5.92 Å². The van der Waals surface area contributed by atoms with Gasteiger partial charge in [0.15, 0.2) is 0 Å². The molecule has 1 amide bonds. The van der Waals surface area contributed by atoms with E-state index in [1.54, 1.807) is 27.7 Å². The standard InChI is InChI=1S/C15H27NO6/c1-11(13(18)21-10-20-12(2)17)8-6-7-9-16-14(19)22-15(3,4)5/h11H,6-10H2,1-5H3,(H,16,19)/t11-/m0/s1. The Bertz CT molecular complexity index is 375. The first-order chi connectivity index (χ1) is 10.1. The lowest BCUT2D eigenvalue weighted by molar-refractivity contribution is -0.168. The molecular weight excluding hydrogens is 290 g/mol. The maximum atomic E-state index is 11.5. The maximum Gasteiger partial charge on any atom is 0.407 e. The van der Waals surface area contributed by atoms with Crippen molar-refractivity contribution in [3.05, 3.63) is 0 Å². The highest BCUT2D eigenvalue weighted by molar-refractivity contribution is 5.72. The molecule has 0 aromatic carbocycles. The molecule has 0 saturated heterocycles. The van der Waals surface area contributed by atoms with Crippen LogP contribution in [0.5, 0.6) is 0 Å². The molecule has 0 spiro atoms. The first kappa shape index (κ1) is 20.2. The molecule has 128 valence electrons. The van der Waals surface area contributed by atoms with Crippen molar-refractivity contribution < 1.29 is 28.6 Å². The van der Waals surface area contributed by atoms with E-state index in [1.165, 1.54) is 6.92 Å². The average Bonchev–Trinajstić information content (AvgIpc) is 2.35. The molecule has 1 N–H and O–H groups in total. The summed E-state index contributed by atoms with van der Waals surface area (Å²) in [7, 11) is 0. The van der Waals surface area contributed by atoms with E-state index in [0.717, 1.165) is 12.8 Å². The van der Waals surface area contributed by atoms with Gasteiger partial charge in [-0.25, -0.2) is 4.79 Å². The van der Waals surface area contributed by atoms with Crippen LogP contribution in [-0.4, -0.2) is 37.0 Å². The van der Waals surface area contributed by atoms with Crippen molar-refractivity contribution in [2.45, 2.75) is 59.5 Å². The van der Waals surface area contributed by atoms with Crippen LogP contribution in [0.3, 0.4) is 0 Å². The van der Waals surface area contributed by atoms with E-state index in [1.807, 2.05) is 0 Å². The Morgan fingerprint density at radius 1 is 1.09 bits per heavy atom. The Labute approximate surface area is 131 Å². The van der Waals surface area contributed by atoms with Gasteiger partial charge < -0.3 is 19.5 Å². The SMILES string of the molecule is CC(=O)OCOC(=O)[C@@H](C)CCCCNC(=O)OC(C)(C)C. The number of esters is 2. The van der Waals surface area contributed by atoms with Gasteiger partial charge in [0, 0.05) is 13.5 Å². The molecular formula is C15H27NO6. The Morgan fingerprint density at radius 3 is 2.27 bits per heavy atom. The van der Waals surface area contributed by atoms with Crippen LogP contribution in [0.4, 0.5) is 4.79 Å². The molecule has 7 nitrogen and oxygen atoms in total. The zero-order chi connectivity index (χ0) is 17.2. The smallest absolute Gasteiger partial charge is 0.407 e. The number of hydrogen-bond donors (Lipinski definition) is 1. The summed E-state index contributed by atoms with van der Waals surface area (Å²) in [5, 5.41) is 2.65. The minimum Gasteiger partial charge on any atom is -0.444 e. The number of alkyl carbamates (subject to hydrolysis) is 1. The molecule has 0 fully saturated rings. The summed E-state index contributed by atoms with van der Waals surface area (Å²) in [5.74, 6) is -1.17. The fourth-order valence-electron chi connectivity index (χ4n) is 1.51. The fourth-order valence-corrected chi connectivity index (χ4v) is 1.51. The van der Waals surface area contributed by atoms with Crippen LogP contribution in [0.2, 0.25) is 0 Å². The number of ether oxygens (including phenoxy) is 3. The number of amides is 1. The Morgan fingerprint density at radius 2 is 1.73 bits per heavy atom. The third kappa shape index (κ3) is 12.0. The number of hydrogen-bond acceptors (Lipinski definition) is 6. The molecule has 0 aliphatic heterocycles. The molecule has 0 radical (unpaired) electrons. The van der Waals surface area contributed by atoms with Gasteiger partial charge >= 0.3 is 18.0 Å². The summed E-state index contributed by atoms with van der Waals surface area (Å²) >= 11 is 0. The molecule has 22 heavy (non-hydrogen) atoms. The second-order valence-corrected chi connectivity index (χ2v) is 6.04. The van der Waals surface area contributed by atoms with Crippen molar-refractivity contribution in [1.29, 1.82) is 0 Å². The Hall–Kier alpha value is -1.79. The van der Waals surface area contributed by atoms with E-state index in [9.17, 15) is 14.4 Å². The van der Waals surface area contributed by atoms with Crippen LogP contribution in [0.25, 0.3) is 0 Å². The first-order valence-corrected chi connectivity index (χ1v) is 7.38. The van der Waals surface area contributed by atoms with Crippen molar-refractivity contribution in [1.82, 2.24) is 5.32 Å². The van der Waals surface area contributed by atoms with Crippen LogP contribution in [0.15, 0.2) is 0 Å². The molecule has 1 atom stereocenters. The molecule has 0 saturated carbocycles. The summed E-state index contributed by atoms with van der Waals surface area (Å²) in [5.41, 5.74) is -0.510. The number of nitrogens with one attached hydrogen (secondary N) is 1. The Balaban J connectivity index is 3.67. The van der Waals surface area contributed by atoms with Gasteiger partial charge in [-0.1, -0.05) is 13.3 Å². The number of unbranched alkanes of at least 4 members (excludes halogenated alkanes) is 1. The summed E-state index contributed by atoms with van der Waals surface area (Å²) in [6.07, 6.45) is 1.69. The highest BCUT2D eigenvalue weighted by Gasteiger charge is 2.16. The predicted molar refractivity (Wildman–Crippen MR) is 80.0 cm³/mol. The van der Waals surface area contributed by atoms with E-state index in [2.05, 4.69) is 10.1 Å². The van der Waals surface area contributed by atoms with Gasteiger partial charge in [-0.05, 0) is 33.6 Å². The first-order valence-electron chi connectivity index (χ1n) is 7.38. The lowest BCUT2D eigenvalue weighted by Gasteiger charge is -2.19. The van der Waals surface area contributed by atoms with Gasteiger partial charge in [-0.15, -0.1) is 0 Å². The van der Waals surface area contributed by atoms with Crippen molar-refractivity contribution in [2.24, 2.45) is 5.92 Å². The zero-order valence-electron chi connectivity index (χ0n) is 14.1. The van der Waals surface area contributed by atoms with Crippen molar-refractivity contribution in [3.8, 4) is 0 Å². The third-order valence-electron chi connectivity index (χ3n) is 2.60. The summed E-state index contributed by atoms with van der Waals surface area (Å²) < 4.78 is 14.4. The lowest BCUT2D eigenvalue weighted by atomic mass is 10.0. The highest BCUT2D eigenvalue weighted by Crippen LogP contribution is 2.10. The van der Waals surface area contributed by atoms with E-state index in [-0.39, 0.29) is 12.7 Å². The lowest BCUT2D eigenvalue weighted by Crippen LogP contribution is -2.33. The predicted octanol–water partition coefficient (Wildman–Crippen LogP) is 2.38. The molecule has 0 aromatic heterocycles. The molecule has 0 heterocycles. The van der Waals surface area contributed by atoms with Crippen molar-refractivity contribution in [2.75, 3.05) is 13.3 Å². The van der Waals surface area contributed by atoms with Gasteiger partial charge in [-0.3, -0.25) is 9.59 Å². The van der Waals surface area contributed by atoms with Gasteiger partial charge in [0.1, 0.15) is 5.60 Å². The Kier molecular flexibility index (Phi) is 9.21. The van der Waals surface area contributed by atoms with Gasteiger partial charge in [0.2, 0.25) is 6.79 Å². The highest BCUT2D eigenvalue weighted by atomic mass is 16.7. The minimum absolute atomic E-state index is 0.280. The van der Waals surface area contributed by atoms with Crippen molar-refractivity contribution >= 4 is 18.0 Å². The molecule has 0 bridgehead atoms. The largest absolute Gasteiger partial charge is 0.444 e. The van der Waals surface area contributed by atoms with Gasteiger partial charge in [0.05, 0.1) is 5.92 Å². The second kappa shape index (κ2) is 10.0. The number of carbonyl (C=O) groups is 3. The molecule has 0 aromatic rings. The molecule has 0 unspecified atom stereocenters. The topological polar surface area (TPSA) is 90.9 Å². The van der Waals surface area contributed by atoms with Crippen LogP contribution >= 0.6 is 0 Å². The second-order valence-electron chi connectivity index (χ2n) is 6.04. The summed E-state index contributed by atoms with van der Waals surface area (Å²) in [6.45, 7) is 8.54. The molecule has 7 heteroatoms. The molecule has 0 aliphatic carbocycles. The quantitative estimate of drug-likeness (QED) is 0.420. The van der Waals surface area contributed by atoms with Gasteiger partial charge in [-0.2, -0.15) is 0 Å². The van der Waals surface area contributed by atoms with E-state index < -0.39 is 23.6 Å². The van der Waals surface area contributed by atoms with E-state index in [0.29, 0.717) is 13.0 Å². The average molecular weight is 317 g/mol. The maximum absolute atomic E-state index is 11.5. The fraction of sp³-hybridized carbons (Fsp3) is 0.800. The monoisotopic (exact) mass is 317 g/mol. The van der Waals surface area contributed by atoms with Crippen LogP contribution in [-0.2, 0) is 23.8 Å². The minimum atomic E-state index is -0.510. The van der Waals surface area contributed by atoms with Crippen LogP contribution in [0.1, 0.15) is 53.9 Å². The number of carbonyl (C=O) groups excluding carboxylic acids is 3. The summed E-state index contributed by atoms with van der Waals surface area (Å²) in [4.78, 5) is 33.5. The van der Waals surface area contributed by atoms with Crippen LogP contribution < -0.4 is 5.32 Å². The zero-order valence-corrected chi connectivity index (χ0v) is 14.1. The van der Waals surface area contributed by atoms with E-state index >= 15 is 0 Å². The molecule has 0 aliphatic rings. The third-order valence-corrected chi connectivity index (χ3v) is 2.60. The summed E-state index contributed by atoms with van der Waals surface area (Å²) in [6, 6.07) is 0. The molecule has 0 rings (SSSR count). The van der Waals surface area contributed by atoms with E-state index in [4.69, 9.17) is 9.47 Å². The van der Waals surface area contributed by atoms with Gasteiger partial charge in [0.25, 0.3) is 0 Å².